The molecule has 114 heavy (non-hydrogen) atoms. The molecule has 0 aliphatic carbocycles. The summed E-state index contributed by atoms with van der Waals surface area (Å²) in [5, 5.41) is 3.74. The van der Waals surface area contributed by atoms with Gasteiger partial charge in [0, 0.05) is 113 Å². The van der Waals surface area contributed by atoms with Gasteiger partial charge in [0.05, 0.1) is 47.9 Å². The van der Waals surface area contributed by atoms with E-state index in [0.717, 1.165) is 114 Å². The summed E-state index contributed by atoms with van der Waals surface area (Å²) in [6.07, 6.45) is 3.89. The van der Waals surface area contributed by atoms with Crippen LogP contribution >= 0.6 is 70.2 Å². The molecule has 4 aliphatic rings. The van der Waals surface area contributed by atoms with Crippen molar-refractivity contribution in [1.82, 2.24) is 0 Å². The van der Waals surface area contributed by atoms with Gasteiger partial charge in [0.25, 0.3) is 23.6 Å². The normalized spacial score (nSPS) is 17.3. The van der Waals surface area contributed by atoms with E-state index in [0.29, 0.717) is 45.2 Å². The number of hydrogen-bond donors (Lipinski definition) is 0. The smallest absolute Gasteiger partial charge is 0.378 e. The number of nitrogens with zero attached hydrogens (tertiary/aromatic N) is 12. The van der Waals surface area contributed by atoms with E-state index in [4.69, 9.17) is 28.2 Å². The third-order valence-corrected chi connectivity index (χ3v) is 22.2. The lowest BCUT2D eigenvalue weighted by molar-refractivity contribution is -0.137. The van der Waals surface area contributed by atoms with Gasteiger partial charge in [0.1, 0.15) is 0 Å². The summed E-state index contributed by atoms with van der Waals surface area (Å²) in [5.41, 5.74) is 12.9. The first-order chi connectivity index (χ1) is 54.0. The van der Waals surface area contributed by atoms with Gasteiger partial charge in [-0.1, -0.05) is 115 Å². The van der Waals surface area contributed by atoms with Gasteiger partial charge >= 0.3 is 6.18 Å². The number of para-hydroxylation sites is 1. The van der Waals surface area contributed by atoms with Crippen LogP contribution in [0.5, 0.6) is 0 Å². The molecular formula is C89H97Cl2F3N12O4S4. The lowest BCUT2D eigenvalue weighted by Crippen LogP contribution is -2.30. The zero-order chi connectivity index (χ0) is 83.2. The highest BCUT2D eigenvalue weighted by Gasteiger charge is 2.40. The molecule has 0 spiro atoms. The molecule has 25 heteroatoms. The number of aliphatic imine (C=N–C) groups is 4. The maximum Gasteiger partial charge on any atom is 0.416 e. The van der Waals surface area contributed by atoms with E-state index in [1.54, 1.807) is 20.8 Å². The van der Waals surface area contributed by atoms with Crippen LogP contribution in [0.2, 0.25) is 10.0 Å². The minimum Gasteiger partial charge on any atom is -0.378 e. The van der Waals surface area contributed by atoms with Crippen LogP contribution in [-0.2, 0) is 31.8 Å². The zero-order valence-corrected chi connectivity index (χ0v) is 72.4. The third kappa shape index (κ3) is 22.8. The predicted octanol–water partition coefficient (Wildman–Crippen LogP) is 22.1. The Labute approximate surface area is 696 Å². The first-order valence-electron chi connectivity index (χ1n) is 37.1. The lowest BCUT2D eigenvalue weighted by atomic mass is 10.1. The largest absolute Gasteiger partial charge is 0.416 e. The number of anilines is 8. The number of amidine groups is 4. The maximum atomic E-state index is 13.3. The van der Waals surface area contributed by atoms with Crippen molar-refractivity contribution in [1.29, 1.82) is 0 Å². The summed E-state index contributed by atoms with van der Waals surface area (Å²) in [5.74, 6) is -0.565. The Morgan fingerprint density at radius 1 is 0.386 bits per heavy atom. The second-order valence-electron chi connectivity index (χ2n) is 28.8. The number of aryl methyl sites for hydroxylation is 2. The molecule has 0 saturated carbocycles. The van der Waals surface area contributed by atoms with Gasteiger partial charge in [0.2, 0.25) is 0 Å². The minimum atomic E-state index is -4.49. The molecule has 8 aromatic rings. The SMILES string of the molecule is CC(C)N=C1S/C(=C\c2ccc(N(C)C)cc2)C(=O)N1c1cccc(C(F)(F)F)c1.CCc1ccccc1N1C(=O)/C(=C/c2ccc(N(C)C)cc2)SC1=NC(C)C.Cc1c(Cl)cccc1N1C(=O)/C(=C/c2ccc(N(C)C)cc2)SC1=NC(C)C.Cc1ccc(N2C(=O)/C(=C/c3ccc(N(C)C)cc3)SC2=NC(C)C)cc1Cl. The van der Waals surface area contributed by atoms with Crippen LogP contribution in [0, 0.1) is 13.8 Å². The van der Waals surface area contributed by atoms with Crippen LogP contribution in [0.1, 0.15) is 107 Å². The molecule has 596 valence electrons. The Kier molecular flexibility index (Phi) is 30.6. The highest BCUT2D eigenvalue weighted by Crippen LogP contribution is 2.44. The van der Waals surface area contributed by atoms with Crippen molar-refractivity contribution >= 4 is 184 Å². The monoisotopic (exact) mass is 1650 g/mol. The number of amides is 4. The molecule has 0 radical (unpaired) electrons. The van der Waals surface area contributed by atoms with Crippen LogP contribution in [0.3, 0.4) is 0 Å². The molecule has 4 saturated heterocycles. The summed E-state index contributed by atoms with van der Waals surface area (Å²) in [6.45, 7) is 21.7. The molecule has 4 fully saturated rings. The van der Waals surface area contributed by atoms with Crippen molar-refractivity contribution in [3.63, 3.8) is 0 Å². The van der Waals surface area contributed by atoms with Crippen molar-refractivity contribution in [3.05, 3.63) is 256 Å². The highest BCUT2D eigenvalue weighted by molar-refractivity contribution is 8.20. The van der Waals surface area contributed by atoms with Gasteiger partial charge in [-0.3, -0.25) is 58.7 Å². The number of alkyl halides is 3. The van der Waals surface area contributed by atoms with Gasteiger partial charge in [0.15, 0.2) is 20.7 Å². The van der Waals surface area contributed by atoms with Crippen molar-refractivity contribution in [2.24, 2.45) is 20.0 Å². The molecule has 12 rings (SSSR count). The lowest BCUT2D eigenvalue weighted by Gasteiger charge is -2.19. The summed E-state index contributed by atoms with van der Waals surface area (Å²) < 4.78 is 39.5. The van der Waals surface area contributed by atoms with E-state index in [2.05, 4.69) is 45.0 Å². The second-order valence-corrected chi connectivity index (χ2v) is 33.7. The number of rotatable bonds is 17. The minimum absolute atomic E-state index is 0.0120. The molecule has 0 bridgehead atoms. The van der Waals surface area contributed by atoms with E-state index in [-0.39, 0.29) is 47.6 Å². The Balaban J connectivity index is 0.000000174. The number of carbonyl (C=O) groups excluding carboxylic acids is 4. The average molecular weight is 1660 g/mol. The quantitative estimate of drug-likeness (QED) is 0.0801. The third-order valence-electron chi connectivity index (χ3n) is 17.5. The average Bonchev–Trinajstić information content (AvgIpc) is 1.64. The fraction of sp³-hybridized carbons (Fsp3) is 0.281. The maximum absolute atomic E-state index is 13.3. The zero-order valence-electron chi connectivity index (χ0n) is 67.7. The Morgan fingerprint density at radius 2 is 0.702 bits per heavy atom. The van der Waals surface area contributed by atoms with Crippen molar-refractivity contribution in [2.45, 2.75) is 113 Å². The predicted molar refractivity (Wildman–Crippen MR) is 485 cm³/mol. The number of benzene rings is 8. The molecule has 16 nitrogen and oxygen atoms in total. The second kappa shape index (κ2) is 39.5. The number of hydrogen-bond acceptors (Lipinski definition) is 16. The highest BCUT2D eigenvalue weighted by atomic mass is 35.5. The Morgan fingerprint density at radius 3 is 1.04 bits per heavy atom. The molecule has 0 unspecified atom stereocenters. The topological polar surface area (TPSA) is 144 Å². The van der Waals surface area contributed by atoms with E-state index < -0.39 is 17.6 Å². The Hall–Kier alpha value is -9.75. The number of halogens is 5. The molecule has 4 aliphatic heterocycles. The molecule has 4 amide bonds. The summed E-state index contributed by atoms with van der Waals surface area (Å²) in [7, 11) is 15.9. The van der Waals surface area contributed by atoms with E-state index in [1.165, 1.54) is 52.3 Å². The number of thioether (sulfide) groups is 4. The first kappa shape index (κ1) is 88.2. The summed E-state index contributed by atoms with van der Waals surface area (Å²) in [4.78, 5) is 88.2. The summed E-state index contributed by atoms with van der Waals surface area (Å²) in [6, 6.07) is 56.3. The van der Waals surface area contributed by atoms with Crippen LogP contribution in [-0.4, -0.2) is 125 Å². The van der Waals surface area contributed by atoms with Crippen molar-refractivity contribution in [3.8, 4) is 0 Å². The van der Waals surface area contributed by atoms with Gasteiger partial charge in [-0.25, -0.2) is 0 Å². The van der Waals surface area contributed by atoms with E-state index >= 15 is 0 Å². The van der Waals surface area contributed by atoms with Crippen molar-refractivity contribution < 1.29 is 32.3 Å². The van der Waals surface area contributed by atoms with E-state index in [9.17, 15) is 32.3 Å². The molecule has 0 atom stereocenters. The van der Waals surface area contributed by atoms with Crippen LogP contribution in [0.25, 0.3) is 24.3 Å². The Bertz CT molecular complexity index is 5070. The van der Waals surface area contributed by atoms with Gasteiger partial charge in [-0.2, -0.15) is 13.2 Å². The molecule has 0 N–H and O–H groups in total. The molecule has 8 aromatic carbocycles. The van der Waals surface area contributed by atoms with Gasteiger partial charge < -0.3 is 19.6 Å². The molecular weight excluding hydrogens is 1560 g/mol. The van der Waals surface area contributed by atoms with Crippen LogP contribution < -0.4 is 39.2 Å². The molecule has 4 heterocycles. The van der Waals surface area contributed by atoms with Crippen LogP contribution in [0.15, 0.2) is 222 Å². The summed E-state index contributed by atoms with van der Waals surface area (Å²) >= 11 is 18.0. The number of carbonyl (C=O) groups is 4. The van der Waals surface area contributed by atoms with Crippen LogP contribution in [0.4, 0.5) is 58.7 Å². The standard InChI is InChI=1S/C23H27N3OS.2C22H24ClN3OS.C22H22F3N3OS/c1-6-18-9-7-8-10-20(18)26-22(27)21(28-23(26)24-16(2)3)15-17-11-13-19(14-12-17)25(4)5;1-14(2)24-22-26(18-9-6-15(3)19(23)13-18)21(27)20(28-22)12-16-7-10-17(11-8-16)25(4)5;1-14(2)24-22-26(19-8-6-7-18(23)15(19)3)21(27)20(28-22)13-16-9-11-17(12-10-16)25(4)5;1-14(2)26-21-28(18-7-5-6-16(13-18)22(23,24)25)20(29)19(30-21)12-15-8-10-17(11-9-15)27(3)4/h7-16H,6H2,1-5H3;2*6-14H,1-5H3;5-14H,1-4H3/b21-15-,24-23?;20-12-,24-22?;20-13-,24-22?;19-12-,26-21?. The first-order valence-corrected chi connectivity index (χ1v) is 41.2. The van der Waals surface area contributed by atoms with E-state index in [1.807, 2.05) is 298 Å². The van der Waals surface area contributed by atoms with Crippen molar-refractivity contribution in [2.75, 3.05) is 95.6 Å². The van der Waals surface area contributed by atoms with Gasteiger partial charge in [-0.15, -0.1) is 0 Å². The fourth-order valence-electron chi connectivity index (χ4n) is 11.5. The van der Waals surface area contributed by atoms with Gasteiger partial charge in [-0.05, 0) is 283 Å². The fourth-order valence-corrected chi connectivity index (χ4v) is 16.3. The molecule has 0 aromatic heterocycles.